The standard InChI is InChI=1S/C13H19NO/c1-9(2)13-14-8-12(15-13)11-6-4-10(3)5-7-11/h4-7,9,12-14H,8H2,1-3H3. The van der Waals surface area contributed by atoms with E-state index in [-0.39, 0.29) is 12.3 Å². The van der Waals surface area contributed by atoms with Crippen LogP contribution in [0.4, 0.5) is 0 Å². The summed E-state index contributed by atoms with van der Waals surface area (Å²) in [6.45, 7) is 7.38. The molecule has 0 aromatic heterocycles. The predicted molar refractivity (Wildman–Crippen MR) is 61.6 cm³/mol. The van der Waals surface area contributed by atoms with Crippen molar-refractivity contribution in [3.05, 3.63) is 35.4 Å². The summed E-state index contributed by atoms with van der Waals surface area (Å²) in [4.78, 5) is 0. The van der Waals surface area contributed by atoms with Crippen LogP contribution in [0, 0.1) is 12.8 Å². The van der Waals surface area contributed by atoms with Gasteiger partial charge < -0.3 is 4.74 Å². The Labute approximate surface area is 91.6 Å². The molecule has 2 nitrogen and oxygen atoms in total. The van der Waals surface area contributed by atoms with E-state index in [1.54, 1.807) is 0 Å². The molecule has 0 aliphatic carbocycles. The Morgan fingerprint density at radius 3 is 2.47 bits per heavy atom. The van der Waals surface area contributed by atoms with Gasteiger partial charge in [0.25, 0.3) is 0 Å². The van der Waals surface area contributed by atoms with Crippen LogP contribution in [0.15, 0.2) is 24.3 Å². The van der Waals surface area contributed by atoms with Gasteiger partial charge >= 0.3 is 0 Å². The van der Waals surface area contributed by atoms with Crippen molar-refractivity contribution in [2.45, 2.75) is 33.1 Å². The second kappa shape index (κ2) is 4.33. The van der Waals surface area contributed by atoms with E-state index in [4.69, 9.17) is 4.74 Å². The molecule has 0 bridgehead atoms. The Morgan fingerprint density at radius 1 is 1.27 bits per heavy atom. The number of rotatable bonds is 2. The quantitative estimate of drug-likeness (QED) is 0.801. The average molecular weight is 205 g/mol. The molecule has 0 saturated carbocycles. The fourth-order valence-electron chi connectivity index (χ4n) is 1.87. The van der Waals surface area contributed by atoms with Crippen LogP contribution in [0.2, 0.25) is 0 Å². The monoisotopic (exact) mass is 205 g/mol. The van der Waals surface area contributed by atoms with Gasteiger partial charge in [-0.1, -0.05) is 43.7 Å². The van der Waals surface area contributed by atoms with E-state index in [0.29, 0.717) is 5.92 Å². The zero-order valence-corrected chi connectivity index (χ0v) is 9.66. The van der Waals surface area contributed by atoms with Gasteiger partial charge in [0.15, 0.2) is 0 Å². The largest absolute Gasteiger partial charge is 0.354 e. The first-order valence-corrected chi connectivity index (χ1v) is 5.62. The summed E-state index contributed by atoms with van der Waals surface area (Å²) < 4.78 is 5.94. The van der Waals surface area contributed by atoms with E-state index in [1.807, 2.05) is 0 Å². The van der Waals surface area contributed by atoms with Gasteiger partial charge in [-0.2, -0.15) is 0 Å². The molecule has 1 N–H and O–H groups in total. The molecular weight excluding hydrogens is 186 g/mol. The van der Waals surface area contributed by atoms with E-state index in [0.717, 1.165) is 6.54 Å². The fourth-order valence-corrected chi connectivity index (χ4v) is 1.87. The van der Waals surface area contributed by atoms with Crippen LogP contribution < -0.4 is 5.32 Å². The molecule has 2 rings (SSSR count). The maximum Gasteiger partial charge on any atom is 0.111 e. The number of aryl methyl sites for hydroxylation is 1. The summed E-state index contributed by atoms with van der Waals surface area (Å²) >= 11 is 0. The first-order valence-electron chi connectivity index (χ1n) is 5.62. The lowest BCUT2D eigenvalue weighted by Gasteiger charge is -2.15. The van der Waals surface area contributed by atoms with Gasteiger partial charge in [0.05, 0.1) is 6.10 Å². The van der Waals surface area contributed by atoms with Crippen molar-refractivity contribution >= 4 is 0 Å². The molecule has 82 valence electrons. The smallest absolute Gasteiger partial charge is 0.111 e. The van der Waals surface area contributed by atoms with Gasteiger partial charge in [0, 0.05) is 6.54 Å². The van der Waals surface area contributed by atoms with Gasteiger partial charge in [0.1, 0.15) is 6.23 Å². The van der Waals surface area contributed by atoms with Gasteiger partial charge in [-0.3, -0.25) is 5.32 Å². The van der Waals surface area contributed by atoms with E-state index < -0.39 is 0 Å². The topological polar surface area (TPSA) is 21.3 Å². The lowest BCUT2D eigenvalue weighted by molar-refractivity contribution is 0.0136. The van der Waals surface area contributed by atoms with E-state index in [2.05, 4.69) is 50.4 Å². The first-order chi connectivity index (χ1) is 7.16. The van der Waals surface area contributed by atoms with Crippen molar-refractivity contribution in [2.24, 2.45) is 5.92 Å². The van der Waals surface area contributed by atoms with Crippen LogP contribution in [-0.2, 0) is 4.74 Å². The maximum atomic E-state index is 5.94. The van der Waals surface area contributed by atoms with Crippen LogP contribution in [0.3, 0.4) is 0 Å². The first kappa shape index (κ1) is 10.7. The van der Waals surface area contributed by atoms with Crippen LogP contribution in [0.25, 0.3) is 0 Å². The SMILES string of the molecule is Cc1ccc(C2CNC(C(C)C)O2)cc1. The zero-order chi connectivity index (χ0) is 10.8. The fraction of sp³-hybridized carbons (Fsp3) is 0.538. The van der Waals surface area contributed by atoms with Gasteiger partial charge in [0.2, 0.25) is 0 Å². The molecule has 1 saturated heterocycles. The van der Waals surface area contributed by atoms with Crippen LogP contribution in [-0.4, -0.2) is 12.8 Å². The molecule has 2 atom stereocenters. The Kier molecular flexibility index (Phi) is 3.08. The minimum Gasteiger partial charge on any atom is -0.354 e. The third kappa shape index (κ3) is 2.39. The Morgan fingerprint density at radius 2 is 1.93 bits per heavy atom. The molecule has 1 aromatic rings. The van der Waals surface area contributed by atoms with E-state index in [1.165, 1.54) is 11.1 Å². The second-order valence-electron chi connectivity index (χ2n) is 4.61. The number of ether oxygens (including phenoxy) is 1. The van der Waals surface area contributed by atoms with Crippen molar-refractivity contribution < 1.29 is 4.74 Å². The Hall–Kier alpha value is -0.860. The van der Waals surface area contributed by atoms with Crippen molar-refractivity contribution in [2.75, 3.05) is 6.54 Å². The molecule has 0 radical (unpaired) electrons. The third-order valence-electron chi connectivity index (χ3n) is 2.87. The summed E-state index contributed by atoms with van der Waals surface area (Å²) in [6.07, 6.45) is 0.425. The van der Waals surface area contributed by atoms with Crippen molar-refractivity contribution in [1.82, 2.24) is 5.32 Å². The molecule has 15 heavy (non-hydrogen) atoms. The number of hydrogen-bond donors (Lipinski definition) is 1. The molecule has 1 fully saturated rings. The normalized spacial score (nSPS) is 26.1. The summed E-state index contributed by atoms with van der Waals surface area (Å²) in [5.41, 5.74) is 2.57. The van der Waals surface area contributed by atoms with Crippen molar-refractivity contribution in [3.63, 3.8) is 0 Å². The molecule has 1 aromatic carbocycles. The van der Waals surface area contributed by atoms with Crippen LogP contribution in [0.1, 0.15) is 31.1 Å². The van der Waals surface area contributed by atoms with Gasteiger partial charge in [-0.15, -0.1) is 0 Å². The molecular formula is C13H19NO. The number of hydrogen-bond acceptors (Lipinski definition) is 2. The summed E-state index contributed by atoms with van der Waals surface area (Å²) in [5, 5.41) is 3.40. The van der Waals surface area contributed by atoms with E-state index >= 15 is 0 Å². The molecule has 2 heteroatoms. The lowest BCUT2D eigenvalue weighted by atomic mass is 10.1. The van der Waals surface area contributed by atoms with Crippen LogP contribution in [0.5, 0.6) is 0 Å². The second-order valence-corrected chi connectivity index (χ2v) is 4.61. The zero-order valence-electron chi connectivity index (χ0n) is 9.66. The molecule has 1 aliphatic rings. The van der Waals surface area contributed by atoms with Crippen molar-refractivity contribution in [3.8, 4) is 0 Å². The number of nitrogens with one attached hydrogen (secondary N) is 1. The highest BCUT2D eigenvalue weighted by Gasteiger charge is 2.27. The molecule has 1 heterocycles. The highest BCUT2D eigenvalue weighted by atomic mass is 16.5. The number of benzene rings is 1. The Bertz CT molecular complexity index is 318. The predicted octanol–water partition coefficient (Wildman–Crippen LogP) is 2.64. The summed E-state index contributed by atoms with van der Waals surface area (Å²) in [5.74, 6) is 0.528. The summed E-state index contributed by atoms with van der Waals surface area (Å²) in [6, 6.07) is 8.59. The average Bonchev–Trinajstić information content (AvgIpc) is 2.68. The molecule has 0 amide bonds. The van der Waals surface area contributed by atoms with E-state index in [9.17, 15) is 0 Å². The van der Waals surface area contributed by atoms with Crippen molar-refractivity contribution in [1.29, 1.82) is 0 Å². The molecule has 0 spiro atoms. The summed E-state index contributed by atoms with van der Waals surface area (Å²) in [7, 11) is 0. The van der Waals surface area contributed by atoms with Gasteiger partial charge in [-0.05, 0) is 18.4 Å². The maximum absolute atomic E-state index is 5.94. The highest BCUT2D eigenvalue weighted by molar-refractivity contribution is 5.24. The Balaban J connectivity index is 2.04. The van der Waals surface area contributed by atoms with Gasteiger partial charge in [-0.25, -0.2) is 0 Å². The molecule has 2 unspecified atom stereocenters. The highest BCUT2D eigenvalue weighted by Crippen LogP contribution is 2.25. The van der Waals surface area contributed by atoms with Crippen LogP contribution >= 0.6 is 0 Å². The minimum absolute atomic E-state index is 0.205. The molecule has 1 aliphatic heterocycles. The third-order valence-corrected chi connectivity index (χ3v) is 2.87. The minimum atomic E-state index is 0.205. The lowest BCUT2D eigenvalue weighted by Crippen LogP contribution is -2.27.